The monoisotopic (exact) mass is 415 g/mol. The predicted molar refractivity (Wildman–Crippen MR) is 105 cm³/mol. The number of halogens is 2. The number of ether oxygens (including phenoxy) is 1. The Hall–Kier alpha value is -3.46. The Bertz CT molecular complexity index is 1100. The Morgan fingerprint density at radius 2 is 1.97 bits per heavy atom. The molecule has 1 unspecified atom stereocenters. The smallest absolute Gasteiger partial charge is 0.407 e. The van der Waals surface area contributed by atoms with Crippen LogP contribution in [0.2, 0.25) is 0 Å². The van der Waals surface area contributed by atoms with E-state index in [2.05, 4.69) is 10.3 Å². The Balaban J connectivity index is 1.35. The topological polar surface area (TPSA) is 94.7 Å². The van der Waals surface area contributed by atoms with Crippen LogP contribution < -0.4 is 10.2 Å². The number of aliphatic hydroxyl groups is 1. The van der Waals surface area contributed by atoms with Crippen LogP contribution in [0.1, 0.15) is 12.0 Å². The number of alkyl carbamates (subject to hydrolysis) is 1. The average molecular weight is 415 g/mol. The highest BCUT2D eigenvalue weighted by Crippen LogP contribution is 2.31. The molecule has 1 saturated heterocycles. The van der Waals surface area contributed by atoms with Gasteiger partial charge in [-0.05, 0) is 48.4 Å². The molecule has 7 nitrogen and oxygen atoms in total. The number of anilines is 1. The molecule has 0 saturated carbocycles. The lowest BCUT2D eigenvalue weighted by molar-refractivity contribution is -0.175. The summed E-state index contributed by atoms with van der Waals surface area (Å²) in [6, 6.07) is 10.3. The van der Waals surface area contributed by atoms with E-state index in [0.717, 1.165) is 29.1 Å². The zero-order valence-electron chi connectivity index (χ0n) is 15.8. The second-order valence-corrected chi connectivity index (χ2v) is 7.08. The van der Waals surface area contributed by atoms with Gasteiger partial charge in [0.2, 0.25) is 0 Å². The van der Waals surface area contributed by atoms with E-state index >= 15 is 0 Å². The molecular weight excluding hydrogens is 396 g/mol. The highest BCUT2D eigenvalue weighted by molar-refractivity contribution is 6.02. The van der Waals surface area contributed by atoms with Crippen molar-refractivity contribution >= 4 is 28.6 Å². The van der Waals surface area contributed by atoms with Gasteiger partial charge in [0.15, 0.2) is 0 Å². The fraction of sp³-hybridized carbons (Fsp3) is 0.238. The first-order valence-corrected chi connectivity index (χ1v) is 9.37. The van der Waals surface area contributed by atoms with E-state index in [4.69, 9.17) is 4.74 Å². The third-order valence-electron chi connectivity index (χ3n) is 4.97. The van der Waals surface area contributed by atoms with Gasteiger partial charge in [0.1, 0.15) is 11.6 Å². The number of carbonyl (C=O) groups is 2. The molecule has 2 aromatic carbocycles. The number of nitrogens with zero attached hydrogens (tertiary/aromatic N) is 1. The van der Waals surface area contributed by atoms with E-state index in [1.165, 1.54) is 4.90 Å². The van der Waals surface area contributed by atoms with Crippen molar-refractivity contribution in [1.29, 1.82) is 0 Å². The van der Waals surface area contributed by atoms with Crippen molar-refractivity contribution < 1.29 is 28.2 Å². The summed E-state index contributed by atoms with van der Waals surface area (Å²) < 4.78 is 31.4. The molecule has 1 fully saturated rings. The Labute approximate surface area is 170 Å². The Morgan fingerprint density at radius 1 is 1.20 bits per heavy atom. The summed E-state index contributed by atoms with van der Waals surface area (Å²) in [6.45, 7) is 0.195. The van der Waals surface area contributed by atoms with E-state index in [9.17, 15) is 23.5 Å². The number of aromatic amines is 1. The van der Waals surface area contributed by atoms with Crippen molar-refractivity contribution in [3.63, 3.8) is 0 Å². The maximum atomic E-state index is 13.2. The fourth-order valence-electron chi connectivity index (χ4n) is 3.49. The SMILES string of the molecule is O=C(NCCc1cc(F)cc(F)c1)OC1(O)CCN(c2ccc3[nH]ccc3c2)C1=O. The van der Waals surface area contributed by atoms with Gasteiger partial charge in [-0.15, -0.1) is 0 Å². The van der Waals surface area contributed by atoms with Gasteiger partial charge in [0.05, 0.1) is 0 Å². The maximum absolute atomic E-state index is 13.2. The van der Waals surface area contributed by atoms with Crippen LogP contribution in [0.4, 0.5) is 19.3 Å². The molecular formula is C21H19F2N3O4. The minimum Gasteiger partial charge on any atom is -0.407 e. The number of rotatable bonds is 5. The summed E-state index contributed by atoms with van der Waals surface area (Å²) in [5.41, 5.74) is 1.85. The predicted octanol–water partition coefficient (Wildman–Crippen LogP) is 2.84. The minimum absolute atomic E-state index is 0.0138. The molecule has 4 rings (SSSR count). The molecule has 0 spiro atoms. The molecule has 9 heteroatoms. The standard InChI is InChI=1S/C21H19F2N3O4/c22-15-9-13(10-16(23)12-15)3-6-25-20(28)30-21(29)5-8-26(19(21)27)17-1-2-18-14(11-17)4-7-24-18/h1-2,4,7,9-12,24,29H,3,5-6,8H2,(H,25,28). The molecule has 1 aliphatic heterocycles. The number of amides is 2. The fourth-order valence-corrected chi connectivity index (χ4v) is 3.49. The number of nitrogens with one attached hydrogen (secondary N) is 2. The zero-order valence-corrected chi connectivity index (χ0v) is 15.8. The lowest BCUT2D eigenvalue weighted by atomic mass is 10.1. The van der Waals surface area contributed by atoms with Crippen molar-refractivity contribution in [1.82, 2.24) is 10.3 Å². The van der Waals surface area contributed by atoms with E-state index in [-0.39, 0.29) is 25.9 Å². The van der Waals surface area contributed by atoms with Crippen LogP contribution in [0.3, 0.4) is 0 Å². The third-order valence-corrected chi connectivity index (χ3v) is 4.97. The molecule has 2 heterocycles. The third kappa shape index (κ3) is 3.97. The van der Waals surface area contributed by atoms with Gasteiger partial charge >= 0.3 is 6.09 Å². The zero-order chi connectivity index (χ0) is 21.3. The lowest BCUT2D eigenvalue weighted by Crippen LogP contribution is -2.46. The summed E-state index contributed by atoms with van der Waals surface area (Å²) in [5, 5.41) is 13.8. The van der Waals surface area contributed by atoms with Crippen molar-refractivity contribution in [2.45, 2.75) is 18.6 Å². The molecule has 3 aromatic rings. The second-order valence-electron chi connectivity index (χ2n) is 7.08. The van der Waals surface area contributed by atoms with E-state index < -0.39 is 29.4 Å². The summed E-state index contributed by atoms with van der Waals surface area (Å²) in [4.78, 5) is 29.1. The van der Waals surface area contributed by atoms with E-state index in [1.807, 2.05) is 12.1 Å². The first-order chi connectivity index (χ1) is 14.3. The van der Waals surface area contributed by atoms with Crippen LogP contribution in [-0.4, -0.2) is 41.0 Å². The summed E-state index contributed by atoms with van der Waals surface area (Å²) >= 11 is 0. The Kier molecular flexibility index (Phi) is 5.13. The Morgan fingerprint density at radius 3 is 2.73 bits per heavy atom. The normalized spacial score (nSPS) is 18.8. The lowest BCUT2D eigenvalue weighted by Gasteiger charge is -2.22. The number of benzene rings is 2. The minimum atomic E-state index is -2.28. The number of hydrogen-bond acceptors (Lipinski definition) is 4. The van der Waals surface area contributed by atoms with Crippen molar-refractivity contribution in [3.05, 3.63) is 65.9 Å². The van der Waals surface area contributed by atoms with Crippen LogP contribution in [0.15, 0.2) is 48.7 Å². The molecule has 0 aliphatic carbocycles. The van der Waals surface area contributed by atoms with Gasteiger partial charge in [0.25, 0.3) is 11.7 Å². The van der Waals surface area contributed by atoms with Gasteiger partial charge in [-0.1, -0.05) is 0 Å². The van der Waals surface area contributed by atoms with Crippen LogP contribution >= 0.6 is 0 Å². The van der Waals surface area contributed by atoms with Crippen LogP contribution in [0.5, 0.6) is 0 Å². The molecule has 156 valence electrons. The van der Waals surface area contributed by atoms with Gasteiger partial charge < -0.3 is 25.0 Å². The van der Waals surface area contributed by atoms with E-state index in [0.29, 0.717) is 11.3 Å². The van der Waals surface area contributed by atoms with Gasteiger partial charge in [-0.3, -0.25) is 4.79 Å². The van der Waals surface area contributed by atoms with Crippen molar-refractivity contribution in [2.75, 3.05) is 18.0 Å². The van der Waals surface area contributed by atoms with Crippen LogP contribution in [0, 0.1) is 11.6 Å². The molecule has 1 aliphatic rings. The average Bonchev–Trinajstić information content (AvgIpc) is 3.25. The molecule has 1 aromatic heterocycles. The number of H-pyrrole nitrogens is 1. The molecule has 0 radical (unpaired) electrons. The van der Waals surface area contributed by atoms with Crippen LogP contribution in [-0.2, 0) is 16.0 Å². The van der Waals surface area contributed by atoms with Crippen molar-refractivity contribution in [2.24, 2.45) is 0 Å². The number of fused-ring (bicyclic) bond motifs is 1. The summed E-state index contributed by atoms with van der Waals surface area (Å²) in [7, 11) is 0. The van der Waals surface area contributed by atoms with Crippen molar-refractivity contribution in [3.8, 4) is 0 Å². The summed E-state index contributed by atoms with van der Waals surface area (Å²) in [6.07, 6.45) is 0.853. The highest BCUT2D eigenvalue weighted by atomic mass is 19.1. The quantitative estimate of drug-likeness (QED) is 0.559. The molecule has 1 atom stereocenters. The number of hydrogen-bond donors (Lipinski definition) is 3. The van der Waals surface area contributed by atoms with Gasteiger partial charge in [-0.2, -0.15) is 0 Å². The number of aromatic nitrogens is 1. The maximum Gasteiger partial charge on any atom is 0.410 e. The highest BCUT2D eigenvalue weighted by Gasteiger charge is 2.49. The molecule has 2 amide bonds. The number of carbonyl (C=O) groups excluding carboxylic acids is 2. The van der Waals surface area contributed by atoms with Crippen LogP contribution in [0.25, 0.3) is 10.9 Å². The summed E-state index contributed by atoms with van der Waals surface area (Å²) in [5.74, 6) is -4.44. The van der Waals surface area contributed by atoms with E-state index in [1.54, 1.807) is 18.3 Å². The first kappa shape index (κ1) is 19.8. The van der Waals surface area contributed by atoms with Gasteiger partial charge in [0, 0.05) is 48.4 Å². The second kappa shape index (κ2) is 7.75. The molecule has 3 N–H and O–H groups in total. The largest absolute Gasteiger partial charge is 0.410 e. The molecule has 0 bridgehead atoms. The molecule has 30 heavy (non-hydrogen) atoms. The first-order valence-electron chi connectivity index (χ1n) is 9.37. The van der Waals surface area contributed by atoms with Gasteiger partial charge in [-0.25, -0.2) is 13.6 Å².